The normalized spacial score (nSPS) is 25.8. The molecule has 4 aliphatic rings. The number of rotatable bonds is 8. The third-order valence-electron chi connectivity index (χ3n) is 9.62. The van der Waals surface area contributed by atoms with Crippen molar-refractivity contribution in [3.63, 3.8) is 0 Å². The highest BCUT2D eigenvalue weighted by atomic mass is 35.5. The quantitative estimate of drug-likeness (QED) is 0.483. The lowest BCUT2D eigenvalue weighted by atomic mass is 9.76. The van der Waals surface area contributed by atoms with Crippen molar-refractivity contribution in [2.24, 2.45) is 11.3 Å². The van der Waals surface area contributed by atoms with E-state index in [-0.39, 0.29) is 40.3 Å². The molecule has 1 aliphatic carbocycles. The lowest BCUT2D eigenvalue weighted by Gasteiger charge is -2.44. The van der Waals surface area contributed by atoms with Crippen LogP contribution in [-0.4, -0.2) is 82.1 Å². The van der Waals surface area contributed by atoms with Gasteiger partial charge >= 0.3 is 0 Å². The molecular weight excluding hydrogens is 582 g/mol. The number of carbonyl (C=O) groups is 1. The van der Waals surface area contributed by atoms with Crippen LogP contribution in [0, 0.1) is 11.3 Å². The van der Waals surface area contributed by atoms with E-state index in [1.54, 1.807) is 24.3 Å². The molecule has 2 aromatic rings. The Morgan fingerprint density at radius 3 is 2.15 bits per heavy atom. The Balaban J connectivity index is 0.00000337. The average Bonchev–Trinajstić information content (AvgIpc) is 3.65. The van der Waals surface area contributed by atoms with Gasteiger partial charge in [0.2, 0.25) is 5.91 Å². The number of piperidine rings is 1. The monoisotopic (exact) mass is 621 g/mol. The summed E-state index contributed by atoms with van der Waals surface area (Å²) in [7, 11) is -6.58. The van der Waals surface area contributed by atoms with Crippen LogP contribution in [0.3, 0.4) is 0 Å². The fourth-order valence-electron chi connectivity index (χ4n) is 7.16. The van der Waals surface area contributed by atoms with Crippen LogP contribution in [0.1, 0.15) is 49.1 Å². The van der Waals surface area contributed by atoms with E-state index in [1.807, 2.05) is 23.1 Å². The first-order valence-electron chi connectivity index (χ1n) is 14.4. The van der Waals surface area contributed by atoms with Crippen molar-refractivity contribution in [2.75, 3.05) is 39.0 Å². The molecule has 0 radical (unpaired) electrons. The highest BCUT2D eigenvalue weighted by Gasteiger charge is 2.54. The van der Waals surface area contributed by atoms with E-state index in [2.05, 4.69) is 22.3 Å². The molecule has 11 heteroatoms. The van der Waals surface area contributed by atoms with Crippen LogP contribution in [-0.2, 0) is 31.0 Å². The van der Waals surface area contributed by atoms with E-state index < -0.39 is 30.5 Å². The van der Waals surface area contributed by atoms with E-state index in [0.29, 0.717) is 45.6 Å². The first-order valence-corrected chi connectivity index (χ1v) is 17.9. The van der Waals surface area contributed by atoms with Crippen molar-refractivity contribution >= 4 is 38.0 Å². The Morgan fingerprint density at radius 1 is 0.902 bits per heavy atom. The summed E-state index contributed by atoms with van der Waals surface area (Å²) in [6.07, 6.45) is 4.81. The molecule has 3 saturated heterocycles. The molecule has 1 spiro atoms. The van der Waals surface area contributed by atoms with E-state index in [0.717, 1.165) is 31.4 Å². The summed E-state index contributed by atoms with van der Waals surface area (Å²) in [5.41, 5.74) is 1.66. The van der Waals surface area contributed by atoms with E-state index in [4.69, 9.17) is 0 Å². The van der Waals surface area contributed by atoms with Crippen LogP contribution in [0.25, 0.3) is 0 Å². The molecule has 3 heterocycles. The second kappa shape index (κ2) is 11.6. The van der Waals surface area contributed by atoms with Crippen LogP contribution >= 0.6 is 12.4 Å². The molecule has 1 unspecified atom stereocenters. The van der Waals surface area contributed by atoms with Crippen molar-refractivity contribution in [3.05, 3.63) is 65.7 Å². The van der Waals surface area contributed by atoms with Gasteiger partial charge in [-0.2, -0.15) is 0 Å². The zero-order valence-electron chi connectivity index (χ0n) is 23.4. The van der Waals surface area contributed by atoms with Gasteiger partial charge in [-0.3, -0.25) is 9.69 Å². The number of carbonyl (C=O) groups excluding carboxylic acids is 1. The molecule has 1 amide bonds. The molecule has 0 bridgehead atoms. The van der Waals surface area contributed by atoms with Gasteiger partial charge in [0.05, 0.1) is 15.6 Å². The van der Waals surface area contributed by atoms with Crippen LogP contribution in [0.4, 0.5) is 0 Å². The Labute approximate surface area is 250 Å². The predicted molar refractivity (Wildman–Crippen MR) is 161 cm³/mol. The summed E-state index contributed by atoms with van der Waals surface area (Å²) >= 11 is 0. The second-order valence-electron chi connectivity index (χ2n) is 12.2. The van der Waals surface area contributed by atoms with Gasteiger partial charge in [0, 0.05) is 57.4 Å². The standard InChI is InChI=1S/C30H39N3O5S2.ClH/c1-39(35,36)24-9-7-22(8-10-24)21-33-18-15-30(29(33)34)13-16-32(17-14-30)28(40(37,38)25-11-12-25)27-20-31-19-26(27)23-5-3-2-4-6-23;/h2-10,25-28,31H,11-21H2,1H3;1H/t26-,27-,28?;/m1./s1. The van der Waals surface area contributed by atoms with Gasteiger partial charge < -0.3 is 10.2 Å². The summed E-state index contributed by atoms with van der Waals surface area (Å²) < 4.78 is 51.4. The van der Waals surface area contributed by atoms with Gasteiger partial charge in [-0.1, -0.05) is 42.5 Å². The van der Waals surface area contributed by atoms with Crippen molar-refractivity contribution < 1.29 is 21.6 Å². The van der Waals surface area contributed by atoms with Crippen LogP contribution in [0.2, 0.25) is 0 Å². The number of hydrogen-bond acceptors (Lipinski definition) is 7. The summed E-state index contributed by atoms with van der Waals surface area (Å²) in [5.74, 6) is 0.270. The number of sulfone groups is 2. The molecule has 2 aromatic carbocycles. The zero-order valence-corrected chi connectivity index (χ0v) is 25.9. The molecule has 224 valence electrons. The molecule has 3 aliphatic heterocycles. The maximum atomic E-state index is 13.9. The molecule has 1 N–H and O–H groups in total. The Morgan fingerprint density at radius 2 is 1.54 bits per heavy atom. The van der Waals surface area contributed by atoms with Gasteiger partial charge in [-0.25, -0.2) is 16.8 Å². The topological polar surface area (TPSA) is 104 Å². The number of nitrogens with one attached hydrogen (secondary N) is 1. The fraction of sp³-hybridized carbons (Fsp3) is 0.567. The first kappa shape index (κ1) is 30.5. The van der Waals surface area contributed by atoms with E-state index in [9.17, 15) is 21.6 Å². The first-order chi connectivity index (χ1) is 19.1. The molecule has 41 heavy (non-hydrogen) atoms. The highest BCUT2D eigenvalue weighted by Crippen LogP contribution is 2.46. The molecule has 4 fully saturated rings. The molecule has 6 rings (SSSR count). The van der Waals surface area contributed by atoms with Gasteiger partial charge in [0.25, 0.3) is 0 Å². The highest BCUT2D eigenvalue weighted by molar-refractivity contribution is 7.92. The van der Waals surface area contributed by atoms with Gasteiger partial charge in [0.15, 0.2) is 19.7 Å². The van der Waals surface area contributed by atoms with Crippen LogP contribution < -0.4 is 5.32 Å². The van der Waals surface area contributed by atoms with Crippen molar-refractivity contribution in [1.82, 2.24) is 15.1 Å². The minimum Gasteiger partial charge on any atom is -0.338 e. The van der Waals surface area contributed by atoms with Gasteiger partial charge in [-0.05, 0) is 55.4 Å². The van der Waals surface area contributed by atoms with Gasteiger partial charge in [0.1, 0.15) is 5.37 Å². The Bertz CT molecular complexity index is 1460. The summed E-state index contributed by atoms with van der Waals surface area (Å²) in [4.78, 5) is 18.0. The average molecular weight is 622 g/mol. The van der Waals surface area contributed by atoms with Gasteiger partial charge in [-0.15, -0.1) is 12.4 Å². The minimum absolute atomic E-state index is 0. The number of amides is 1. The second-order valence-corrected chi connectivity index (χ2v) is 16.6. The smallest absolute Gasteiger partial charge is 0.229 e. The fourth-order valence-corrected chi connectivity index (χ4v) is 10.4. The molecule has 1 saturated carbocycles. The minimum atomic E-state index is -3.32. The largest absolute Gasteiger partial charge is 0.338 e. The van der Waals surface area contributed by atoms with Crippen LogP contribution in [0.15, 0.2) is 59.5 Å². The van der Waals surface area contributed by atoms with E-state index >= 15 is 0 Å². The van der Waals surface area contributed by atoms with Crippen molar-refractivity contribution in [1.29, 1.82) is 0 Å². The molecule has 3 atom stereocenters. The maximum absolute atomic E-state index is 13.9. The molecule has 0 aromatic heterocycles. The third kappa shape index (κ3) is 5.95. The summed E-state index contributed by atoms with van der Waals surface area (Å²) in [6, 6.07) is 17.0. The number of likely N-dealkylation sites (tertiary alicyclic amines) is 2. The lowest BCUT2D eigenvalue weighted by Crippen LogP contribution is -2.54. The number of nitrogens with zero attached hydrogens (tertiary/aromatic N) is 2. The lowest BCUT2D eigenvalue weighted by molar-refractivity contribution is -0.139. The number of halogens is 1. The predicted octanol–water partition coefficient (Wildman–Crippen LogP) is 3.23. The molecular formula is C30H40ClN3O5S2. The maximum Gasteiger partial charge on any atom is 0.229 e. The van der Waals surface area contributed by atoms with Crippen molar-refractivity contribution in [2.45, 2.75) is 60.1 Å². The van der Waals surface area contributed by atoms with Crippen molar-refractivity contribution in [3.8, 4) is 0 Å². The summed E-state index contributed by atoms with van der Waals surface area (Å²) in [6.45, 7) is 3.80. The number of hydrogen-bond donors (Lipinski definition) is 1. The zero-order chi connectivity index (χ0) is 28.1. The molecule has 8 nitrogen and oxygen atoms in total. The Kier molecular flexibility index (Phi) is 8.62. The third-order valence-corrected chi connectivity index (χ3v) is 13.5. The van der Waals surface area contributed by atoms with Crippen LogP contribution in [0.5, 0.6) is 0 Å². The SMILES string of the molecule is CS(=O)(=O)c1ccc(CN2CCC3(CCN(C([C@@H]4CNC[C@@H]4c4ccccc4)S(=O)(=O)C4CC4)CC3)C2=O)cc1.Cl. The van der Waals surface area contributed by atoms with E-state index in [1.165, 1.54) is 11.8 Å². The Hall–Kier alpha value is -1.98. The number of benzene rings is 2. The summed E-state index contributed by atoms with van der Waals surface area (Å²) in [5, 5.41) is 2.72.